The summed E-state index contributed by atoms with van der Waals surface area (Å²) >= 11 is 1.65. The molecular weight excluding hydrogens is 356 g/mol. The van der Waals surface area contributed by atoms with E-state index in [1.165, 1.54) is 0 Å². The largest absolute Gasteiger partial charge is 0.346 e. The highest BCUT2D eigenvalue weighted by Crippen LogP contribution is 2.33. The van der Waals surface area contributed by atoms with Gasteiger partial charge in [0.25, 0.3) is 5.91 Å². The summed E-state index contributed by atoms with van der Waals surface area (Å²) in [6.07, 6.45) is 4.32. The molecule has 0 saturated heterocycles. The fourth-order valence-corrected chi connectivity index (χ4v) is 3.91. The maximum absolute atomic E-state index is 12.9. The molecule has 1 unspecified atom stereocenters. The summed E-state index contributed by atoms with van der Waals surface area (Å²) in [6.45, 7) is 2.06. The molecule has 1 atom stereocenters. The predicted octanol–water partition coefficient (Wildman–Crippen LogP) is 4.95. The van der Waals surface area contributed by atoms with Crippen molar-refractivity contribution < 1.29 is 4.79 Å². The first kappa shape index (κ1) is 17.5. The summed E-state index contributed by atoms with van der Waals surface area (Å²) in [4.78, 5) is 21.3. The summed E-state index contributed by atoms with van der Waals surface area (Å²) in [6, 6.07) is 13.4. The van der Waals surface area contributed by atoms with E-state index < -0.39 is 0 Å². The van der Waals surface area contributed by atoms with Gasteiger partial charge < -0.3 is 16.0 Å². The molecule has 1 amide bonds. The number of thiophene rings is 1. The van der Waals surface area contributed by atoms with Crippen LogP contribution in [-0.2, 0) is 0 Å². The lowest BCUT2D eigenvalue weighted by Gasteiger charge is -2.16. The number of benzene rings is 1. The van der Waals surface area contributed by atoms with Gasteiger partial charge in [-0.1, -0.05) is 19.1 Å². The lowest BCUT2D eigenvalue weighted by Crippen LogP contribution is -2.14. The van der Waals surface area contributed by atoms with Crippen LogP contribution in [-0.4, -0.2) is 15.9 Å². The summed E-state index contributed by atoms with van der Waals surface area (Å²) < 4.78 is 0. The summed E-state index contributed by atoms with van der Waals surface area (Å²) in [5.74, 6) is -0.155. The zero-order chi connectivity index (χ0) is 18.8. The van der Waals surface area contributed by atoms with E-state index in [4.69, 9.17) is 5.73 Å². The van der Waals surface area contributed by atoms with Crippen LogP contribution in [0.2, 0.25) is 0 Å². The second kappa shape index (κ2) is 7.34. The average molecular weight is 376 g/mol. The number of rotatable bonds is 5. The number of amides is 1. The molecule has 0 spiro atoms. The Morgan fingerprint density at radius 3 is 2.96 bits per heavy atom. The van der Waals surface area contributed by atoms with E-state index in [2.05, 4.69) is 28.3 Å². The number of nitrogens with zero attached hydrogens (tertiary/aromatic N) is 1. The first-order chi connectivity index (χ1) is 13.2. The lowest BCUT2D eigenvalue weighted by molar-refractivity contribution is 0.102. The Kier molecular flexibility index (Phi) is 4.75. The third kappa shape index (κ3) is 3.37. The van der Waals surface area contributed by atoms with E-state index in [9.17, 15) is 4.79 Å². The van der Waals surface area contributed by atoms with Crippen molar-refractivity contribution in [2.24, 2.45) is 5.73 Å². The SMILES string of the molecule is CCC(N)c1ccc(C(=O)Nc2ccnc3[nH]ccc23)cc1-c1cccs1. The normalized spacial score (nSPS) is 12.2. The average Bonchev–Trinajstić information content (AvgIpc) is 3.39. The minimum absolute atomic E-state index is 0.0566. The number of hydrogen-bond donors (Lipinski definition) is 3. The van der Waals surface area contributed by atoms with Crippen molar-refractivity contribution in [3.05, 3.63) is 71.4 Å². The van der Waals surface area contributed by atoms with E-state index in [-0.39, 0.29) is 11.9 Å². The minimum atomic E-state index is -0.155. The van der Waals surface area contributed by atoms with Crippen molar-refractivity contribution in [3.63, 3.8) is 0 Å². The zero-order valence-corrected chi connectivity index (χ0v) is 15.7. The van der Waals surface area contributed by atoms with Crippen molar-refractivity contribution in [2.75, 3.05) is 5.32 Å². The maximum atomic E-state index is 12.9. The van der Waals surface area contributed by atoms with Gasteiger partial charge in [-0.25, -0.2) is 4.98 Å². The highest BCUT2D eigenvalue weighted by molar-refractivity contribution is 7.13. The molecule has 3 heterocycles. The lowest BCUT2D eigenvalue weighted by atomic mass is 9.95. The number of aromatic amines is 1. The van der Waals surface area contributed by atoms with Crippen molar-refractivity contribution >= 4 is 34.0 Å². The molecule has 3 aromatic heterocycles. The highest BCUT2D eigenvalue weighted by atomic mass is 32.1. The second-order valence-electron chi connectivity index (χ2n) is 6.35. The van der Waals surface area contributed by atoms with Gasteiger partial charge in [-0.05, 0) is 53.3 Å². The quantitative estimate of drug-likeness (QED) is 0.460. The van der Waals surface area contributed by atoms with E-state index in [0.29, 0.717) is 5.56 Å². The van der Waals surface area contributed by atoms with Gasteiger partial charge in [-0.15, -0.1) is 11.3 Å². The van der Waals surface area contributed by atoms with Crippen LogP contribution in [0.25, 0.3) is 21.5 Å². The van der Waals surface area contributed by atoms with Crippen molar-refractivity contribution in [2.45, 2.75) is 19.4 Å². The number of fused-ring (bicyclic) bond motifs is 1. The fraction of sp³-hybridized carbons (Fsp3) is 0.143. The number of nitrogens with one attached hydrogen (secondary N) is 2. The standard InChI is InChI=1S/C21H20N4OS/c1-2-17(22)14-6-5-13(12-16(14)19-4-3-11-27-19)21(26)25-18-8-10-24-20-15(18)7-9-23-20/h3-12,17H,2,22H2,1H3,(H2,23,24,25,26). The van der Waals surface area contributed by atoms with E-state index >= 15 is 0 Å². The smallest absolute Gasteiger partial charge is 0.255 e. The monoisotopic (exact) mass is 376 g/mol. The molecule has 0 aliphatic rings. The van der Waals surface area contributed by atoms with Crippen LogP contribution < -0.4 is 11.1 Å². The number of pyridine rings is 1. The number of aromatic nitrogens is 2. The van der Waals surface area contributed by atoms with Crippen LogP contribution in [0, 0.1) is 0 Å². The molecule has 136 valence electrons. The van der Waals surface area contributed by atoms with Gasteiger partial charge in [-0.2, -0.15) is 0 Å². The van der Waals surface area contributed by atoms with E-state index in [1.807, 2.05) is 41.9 Å². The molecule has 4 rings (SSSR count). The van der Waals surface area contributed by atoms with Crippen molar-refractivity contribution in [3.8, 4) is 10.4 Å². The Bertz CT molecular complexity index is 1080. The third-order valence-electron chi connectivity index (χ3n) is 4.65. The molecule has 27 heavy (non-hydrogen) atoms. The Morgan fingerprint density at radius 1 is 1.30 bits per heavy atom. The Labute approximate surface area is 161 Å². The van der Waals surface area contributed by atoms with Crippen LogP contribution in [0.3, 0.4) is 0 Å². The minimum Gasteiger partial charge on any atom is -0.346 e. The zero-order valence-electron chi connectivity index (χ0n) is 14.9. The van der Waals surface area contributed by atoms with Gasteiger partial charge in [0.15, 0.2) is 0 Å². The molecule has 4 N–H and O–H groups in total. The molecule has 0 aliphatic heterocycles. The molecule has 0 aliphatic carbocycles. The molecule has 0 radical (unpaired) electrons. The number of nitrogens with two attached hydrogens (primary N) is 1. The fourth-order valence-electron chi connectivity index (χ4n) is 3.15. The van der Waals surface area contributed by atoms with Crippen LogP contribution >= 0.6 is 11.3 Å². The van der Waals surface area contributed by atoms with Gasteiger partial charge in [0.05, 0.1) is 5.69 Å². The van der Waals surface area contributed by atoms with Gasteiger partial charge >= 0.3 is 0 Å². The van der Waals surface area contributed by atoms with Gasteiger partial charge in [0.2, 0.25) is 0 Å². The van der Waals surface area contributed by atoms with Crippen LogP contribution in [0.1, 0.15) is 35.3 Å². The molecule has 4 aromatic rings. The number of anilines is 1. The van der Waals surface area contributed by atoms with Crippen molar-refractivity contribution in [1.29, 1.82) is 0 Å². The molecular formula is C21H20N4OS. The Balaban J connectivity index is 1.70. The maximum Gasteiger partial charge on any atom is 0.255 e. The molecule has 0 fully saturated rings. The molecule has 1 aromatic carbocycles. The second-order valence-corrected chi connectivity index (χ2v) is 7.29. The van der Waals surface area contributed by atoms with Crippen molar-refractivity contribution in [1.82, 2.24) is 9.97 Å². The Morgan fingerprint density at radius 2 is 2.19 bits per heavy atom. The number of carbonyl (C=O) groups is 1. The Hall–Kier alpha value is -2.96. The van der Waals surface area contributed by atoms with E-state index in [0.717, 1.165) is 39.1 Å². The first-order valence-electron chi connectivity index (χ1n) is 8.84. The van der Waals surface area contributed by atoms with Crippen LogP contribution in [0.5, 0.6) is 0 Å². The van der Waals surface area contributed by atoms with Gasteiger partial charge in [-0.3, -0.25) is 4.79 Å². The number of carbonyl (C=O) groups excluding carboxylic acids is 1. The number of H-pyrrole nitrogens is 1. The van der Waals surface area contributed by atoms with Gasteiger partial charge in [0.1, 0.15) is 5.65 Å². The van der Waals surface area contributed by atoms with E-state index in [1.54, 1.807) is 23.6 Å². The topological polar surface area (TPSA) is 83.8 Å². The third-order valence-corrected chi connectivity index (χ3v) is 5.55. The predicted molar refractivity (Wildman–Crippen MR) is 111 cm³/mol. The van der Waals surface area contributed by atoms with Gasteiger partial charge in [0, 0.05) is 34.3 Å². The molecule has 5 nitrogen and oxygen atoms in total. The van der Waals surface area contributed by atoms with Crippen LogP contribution in [0.15, 0.2) is 60.2 Å². The summed E-state index contributed by atoms with van der Waals surface area (Å²) in [5.41, 5.74) is 10.5. The molecule has 0 bridgehead atoms. The van der Waals surface area contributed by atoms with Crippen LogP contribution in [0.4, 0.5) is 5.69 Å². The first-order valence-corrected chi connectivity index (χ1v) is 9.72. The summed E-state index contributed by atoms with van der Waals surface area (Å²) in [7, 11) is 0. The number of hydrogen-bond acceptors (Lipinski definition) is 4. The highest BCUT2D eigenvalue weighted by Gasteiger charge is 2.16. The molecule has 6 heteroatoms. The molecule has 0 saturated carbocycles. The summed E-state index contributed by atoms with van der Waals surface area (Å²) in [5, 5.41) is 5.91.